The average molecular weight is 563 g/mol. The summed E-state index contributed by atoms with van der Waals surface area (Å²) >= 11 is 0. The summed E-state index contributed by atoms with van der Waals surface area (Å²) in [4.78, 5) is 8.43. The minimum Gasteiger partial charge on any atom is -0.493 e. The number of halogens is 1. The second-order valence-corrected chi connectivity index (χ2v) is 7.64. The molecule has 0 saturated heterocycles. The van der Waals surface area contributed by atoms with Gasteiger partial charge in [-0.3, -0.25) is 4.99 Å². The Bertz CT molecular complexity index is 975. The van der Waals surface area contributed by atoms with Crippen molar-refractivity contribution in [1.82, 2.24) is 20.2 Å². The van der Waals surface area contributed by atoms with E-state index in [1.54, 1.807) is 20.4 Å². The van der Waals surface area contributed by atoms with Gasteiger partial charge in [0.05, 0.1) is 12.9 Å². The summed E-state index contributed by atoms with van der Waals surface area (Å²) in [6.45, 7) is 5.54. The van der Waals surface area contributed by atoms with Crippen LogP contribution in [-0.2, 0) is 24.4 Å². The lowest BCUT2D eigenvalue weighted by Crippen LogP contribution is -2.36. The number of nitrogens with one attached hydrogen (secondary N) is 2. The maximum Gasteiger partial charge on any atom is 0.191 e. The highest BCUT2D eigenvalue weighted by Gasteiger charge is 2.06. The van der Waals surface area contributed by atoms with Gasteiger partial charge in [-0.1, -0.05) is 36.4 Å². The van der Waals surface area contributed by atoms with Gasteiger partial charge >= 0.3 is 0 Å². The highest BCUT2D eigenvalue weighted by molar-refractivity contribution is 14.0. The number of methoxy groups -OCH3 is 1. The molecule has 0 saturated carbocycles. The number of benzene rings is 2. The molecule has 0 aliphatic heterocycles. The summed E-state index contributed by atoms with van der Waals surface area (Å²) in [6, 6.07) is 14.8. The third-order valence-electron chi connectivity index (χ3n) is 5.05. The van der Waals surface area contributed by atoms with Crippen molar-refractivity contribution in [2.45, 2.75) is 33.0 Å². The first-order valence-electron chi connectivity index (χ1n) is 10.9. The van der Waals surface area contributed by atoms with Crippen LogP contribution in [0.15, 0.2) is 66.2 Å². The number of ether oxygens (including phenoxy) is 2. The van der Waals surface area contributed by atoms with Gasteiger partial charge in [-0.25, -0.2) is 4.98 Å². The van der Waals surface area contributed by atoms with Crippen LogP contribution in [0.4, 0.5) is 0 Å². The topological polar surface area (TPSA) is 72.7 Å². The van der Waals surface area contributed by atoms with Gasteiger partial charge in [0.25, 0.3) is 0 Å². The van der Waals surface area contributed by atoms with Gasteiger partial charge < -0.3 is 24.7 Å². The number of hydrogen-bond acceptors (Lipinski definition) is 4. The molecule has 8 heteroatoms. The number of imidazole rings is 1. The van der Waals surface area contributed by atoms with Gasteiger partial charge in [-0.2, -0.15) is 0 Å². The van der Waals surface area contributed by atoms with Crippen molar-refractivity contribution in [3.05, 3.63) is 83.4 Å². The molecule has 0 aliphatic carbocycles. The first-order valence-corrected chi connectivity index (χ1v) is 10.9. The molecule has 0 atom stereocenters. The van der Waals surface area contributed by atoms with Crippen LogP contribution in [0.25, 0.3) is 0 Å². The molecule has 0 unspecified atom stereocenters. The van der Waals surface area contributed by atoms with Crippen molar-refractivity contribution in [3.63, 3.8) is 0 Å². The van der Waals surface area contributed by atoms with E-state index < -0.39 is 0 Å². The van der Waals surface area contributed by atoms with Crippen molar-refractivity contribution in [2.24, 2.45) is 4.99 Å². The van der Waals surface area contributed by atoms with Crippen LogP contribution in [0.2, 0.25) is 0 Å². The first-order chi connectivity index (χ1) is 15.7. The second kappa shape index (κ2) is 14.5. The van der Waals surface area contributed by atoms with Crippen molar-refractivity contribution in [2.75, 3.05) is 27.4 Å². The summed E-state index contributed by atoms with van der Waals surface area (Å²) in [5.74, 6) is 1.65. The Morgan fingerprint density at radius 1 is 1.03 bits per heavy atom. The van der Waals surface area contributed by atoms with E-state index in [0.29, 0.717) is 26.3 Å². The van der Waals surface area contributed by atoms with Gasteiger partial charge in [0.1, 0.15) is 5.75 Å². The predicted octanol–water partition coefficient (Wildman–Crippen LogP) is 4.14. The fourth-order valence-corrected chi connectivity index (χ4v) is 3.27. The molecule has 0 aliphatic rings. The Kier molecular flexibility index (Phi) is 11.7. The van der Waals surface area contributed by atoms with Gasteiger partial charge in [-0.15, -0.1) is 24.0 Å². The van der Waals surface area contributed by atoms with Crippen molar-refractivity contribution in [3.8, 4) is 5.75 Å². The van der Waals surface area contributed by atoms with Gasteiger partial charge in [0, 0.05) is 64.8 Å². The number of aryl methyl sites for hydroxylation is 1. The maximum absolute atomic E-state index is 5.98. The monoisotopic (exact) mass is 563 g/mol. The van der Waals surface area contributed by atoms with E-state index in [0.717, 1.165) is 30.2 Å². The van der Waals surface area contributed by atoms with Crippen molar-refractivity contribution >= 4 is 29.9 Å². The van der Waals surface area contributed by atoms with Crippen LogP contribution in [0.5, 0.6) is 5.75 Å². The number of hydrogen-bond donors (Lipinski definition) is 2. The predicted molar refractivity (Wildman–Crippen MR) is 143 cm³/mol. The van der Waals surface area contributed by atoms with E-state index >= 15 is 0 Å². The summed E-state index contributed by atoms with van der Waals surface area (Å²) in [5, 5.41) is 6.76. The molecule has 0 amide bonds. The van der Waals surface area contributed by atoms with E-state index in [-0.39, 0.29) is 24.0 Å². The molecule has 3 rings (SSSR count). The second-order valence-electron chi connectivity index (χ2n) is 7.64. The Balaban J connectivity index is 0.00000385. The normalized spacial score (nSPS) is 11.1. The van der Waals surface area contributed by atoms with Crippen LogP contribution >= 0.6 is 24.0 Å². The molecule has 7 nitrogen and oxygen atoms in total. The van der Waals surface area contributed by atoms with Gasteiger partial charge in [-0.05, 0) is 29.7 Å². The molecular formula is C25H34IN5O2. The largest absolute Gasteiger partial charge is 0.493 e. The molecule has 2 N–H and O–H groups in total. The van der Waals surface area contributed by atoms with E-state index in [9.17, 15) is 0 Å². The molecule has 1 heterocycles. The maximum atomic E-state index is 5.98. The Labute approximate surface area is 213 Å². The molecule has 0 bridgehead atoms. The minimum absolute atomic E-state index is 0. The minimum atomic E-state index is 0. The lowest BCUT2D eigenvalue weighted by atomic mass is 10.1. The summed E-state index contributed by atoms with van der Waals surface area (Å²) < 4.78 is 13.1. The van der Waals surface area contributed by atoms with E-state index in [4.69, 9.17) is 9.47 Å². The number of rotatable bonds is 11. The zero-order chi connectivity index (χ0) is 22.6. The average Bonchev–Trinajstić information content (AvgIpc) is 3.32. The number of aliphatic imine (C=N–C) groups is 1. The summed E-state index contributed by atoms with van der Waals surface area (Å²) in [7, 11) is 3.48. The summed E-state index contributed by atoms with van der Waals surface area (Å²) in [5.41, 5.74) is 4.71. The Morgan fingerprint density at radius 2 is 1.79 bits per heavy atom. The third-order valence-corrected chi connectivity index (χ3v) is 5.05. The van der Waals surface area contributed by atoms with Crippen molar-refractivity contribution in [1.29, 1.82) is 0 Å². The van der Waals surface area contributed by atoms with Crippen LogP contribution in [0, 0.1) is 6.92 Å². The summed E-state index contributed by atoms with van der Waals surface area (Å²) in [6.07, 6.45) is 6.45. The smallest absolute Gasteiger partial charge is 0.191 e. The van der Waals surface area contributed by atoms with Gasteiger partial charge in [0.15, 0.2) is 5.96 Å². The molecule has 0 radical (unpaired) electrons. The zero-order valence-electron chi connectivity index (χ0n) is 19.6. The zero-order valence-corrected chi connectivity index (χ0v) is 21.9. The van der Waals surface area contributed by atoms with E-state index in [2.05, 4.69) is 74.6 Å². The molecule has 0 fully saturated rings. The van der Waals surface area contributed by atoms with Crippen LogP contribution in [-0.4, -0.2) is 42.9 Å². The fourth-order valence-electron chi connectivity index (χ4n) is 3.27. The first kappa shape index (κ1) is 26.7. The van der Waals surface area contributed by atoms with Crippen LogP contribution in [0.1, 0.15) is 28.7 Å². The number of aromatic nitrogens is 2. The van der Waals surface area contributed by atoms with Gasteiger partial charge in [0.2, 0.25) is 0 Å². The molecular weight excluding hydrogens is 529 g/mol. The molecule has 3 aromatic rings. The lowest BCUT2D eigenvalue weighted by Gasteiger charge is -2.16. The fraction of sp³-hybridized carbons (Fsp3) is 0.360. The van der Waals surface area contributed by atoms with Crippen LogP contribution in [0.3, 0.4) is 0 Å². The molecule has 1 aromatic heterocycles. The molecule has 178 valence electrons. The Hall–Kier alpha value is -2.59. The Morgan fingerprint density at radius 3 is 2.48 bits per heavy atom. The highest BCUT2D eigenvalue weighted by Crippen LogP contribution is 2.20. The third kappa shape index (κ3) is 9.05. The standard InChI is InChI=1S/C25H33N5O2.HI/c1-20-5-10-23(24(15-20)32-14-4-13-31-3)17-29-25(26-2)28-16-21-6-8-22(9-7-21)18-30-12-11-27-19-30;/h5-12,15,19H,4,13-14,16-18H2,1-3H3,(H2,26,28,29);1H. The molecule has 0 spiro atoms. The molecule has 2 aromatic carbocycles. The SMILES string of the molecule is CN=C(NCc1ccc(Cn2ccnc2)cc1)NCc1ccc(C)cc1OCCCOC.I. The quantitative estimate of drug-likeness (QED) is 0.159. The highest BCUT2D eigenvalue weighted by atomic mass is 127. The van der Waals surface area contributed by atoms with Crippen LogP contribution < -0.4 is 15.4 Å². The number of guanidine groups is 1. The van der Waals surface area contributed by atoms with E-state index in [1.165, 1.54) is 16.7 Å². The number of nitrogens with zero attached hydrogens (tertiary/aromatic N) is 3. The molecule has 33 heavy (non-hydrogen) atoms. The lowest BCUT2D eigenvalue weighted by molar-refractivity contribution is 0.171. The van der Waals surface area contributed by atoms with E-state index in [1.807, 2.05) is 12.5 Å². The van der Waals surface area contributed by atoms with Crippen molar-refractivity contribution < 1.29 is 9.47 Å².